The highest BCUT2D eigenvalue weighted by atomic mass is 16.3. The summed E-state index contributed by atoms with van der Waals surface area (Å²) < 4.78 is 0. The van der Waals surface area contributed by atoms with E-state index in [4.69, 9.17) is 5.73 Å². The van der Waals surface area contributed by atoms with E-state index >= 15 is 0 Å². The number of nitrogens with one attached hydrogen (secondary N) is 4. The number of nitrogens with two attached hydrogens (primary N) is 1. The van der Waals surface area contributed by atoms with Crippen LogP contribution in [-0.2, 0) is 20.8 Å². The monoisotopic (exact) mass is 519 g/mol. The van der Waals surface area contributed by atoms with Crippen molar-refractivity contribution < 1.29 is 19.5 Å². The van der Waals surface area contributed by atoms with Gasteiger partial charge in [0, 0.05) is 12.5 Å². The molecular formula is C28H49N5O4. The molecule has 0 aliphatic carbocycles. The van der Waals surface area contributed by atoms with Gasteiger partial charge >= 0.3 is 0 Å². The second-order valence-electron chi connectivity index (χ2n) is 10.5. The first-order valence-corrected chi connectivity index (χ1v) is 13.6. The number of hydrogen-bond acceptors (Lipinski definition) is 6. The van der Waals surface area contributed by atoms with Crippen LogP contribution in [0.15, 0.2) is 24.3 Å². The Hall–Kier alpha value is -2.65. The second-order valence-corrected chi connectivity index (χ2v) is 10.5. The minimum Gasteiger partial charge on any atom is -0.508 e. The first-order chi connectivity index (χ1) is 17.5. The van der Waals surface area contributed by atoms with Gasteiger partial charge in [-0.15, -0.1) is 0 Å². The van der Waals surface area contributed by atoms with Gasteiger partial charge in [0.2, 0.25) is 17.7 Å². The molecule has 3 amide bonds. The molecule has 7 N–H and O–H groups in total. The lowest BCUT2D eigenvalue weighted by Gasteiger charge is -2.28. The Balaban J connectivity index is 3.11. The van der Waals surface area contributed by atoms with Gasteiger partial charge in [0.15, 0.2) is 0 Å². The molecule has 0 aromatic heterocycles. The molecule has 0 fully saturated rings. The van der Waals surface area contributed by atoms with E-state index in [0.717, 1.165) is 24.8 Å². The van der Waals surface area contributed by atoms with Crippen molar-refractivity contribution in [1.82, 2.24) is 21.3 Å². The topological polar surface area (TPSA) is 146 Å². The van der Waals surface area contributed by atoms with E-state index in [2.05, 4.69) is 35.1 Å². The Morgan fingerprint density at radius 3 is 1.95 bits per heavy atom. The molecule has 0 saturated heterocycles. The summed E-state index contributed by atoms with van der Waals surface area (Å²) in [5.41, 5.74) is 6.36. The van der Waals surface area contributed by atoms with Gasteiger partial charge in [0.25, 0.3) is 0 Å². The Labute approximate surface area is 222 Å². The highest BCUT2D eigenvalue weighted by Gasteiger charge is 2.30. The molecule has 0 bridgehead atoms. The largest absolute Gasteiger partial charge is 0.508 e. The van der Waals surface area contributed by atoms with Crippen molar-refractivity contribution in [3.05, 3.63) is 29.8 Å². The van der Waals surface area contributed by atoms with E-state index in [1.165, 1.54) is 0 Å². The quantitative estimate of drug-likeness (QED) is 0.174. The zero-order valence-corrected chi connectivity index (χ0v) is 23.5. The maximum Gasteiger partial charge on any atom is 0.243 e. The van der Waals surface area contributed by atoms with E-state index in [9.17, 15) is 19.5 Å². The molecule has 9 heteroatoms. The maximum absolute atomic E-state index is 13.5. The average Bonchev–Trinajstić information content (AvgIpc) is 2.84. The van der Waals surface area contributed by atoms with Gasteiger partial charge in [0.05, 0.1) is 6.04 Å². The Morgan fingerprint density at radius 1 is 0.865 bits per heavy atom. The fraction of sp³-hybridized carbons (Fsp3) is 0.679. The SMILES string of the molecule is CC[C@@H](NC(=O)C(CC(C)C)NC(=O)[C@@H](Cc1ccc(O)cc1)NC(=O)C(CCCCN)NC)C(C)C. The molecule has 210 valence electrons. The van der Waals surface area contributed by atoms with Crippen LogP contribution in [0, 0.1) is 11.8 Å². The Morgan fingerprint density at radius 2 is 1.43 bits per heavy atom. The predicted molar refractivity (Wildman–Crippen MR) is 148 cm³/mol. The lowest BCUT2D eigenvalue weighted by atomic mass is 9.98. The molecule has 0 saturated carbocycles. The van der Waals surface area contributed by atoms with Gasteiger partial charge in [-0.1, -0.05) is 53.2 Å². The standard InChI is InChI=1S/C28H49N5O4/c1-7-22(19(4)5)31-27(36)24(16-18(2)3)32-28(37)25(17-20-11-13-21(34)14-12-20)33-26(35)23(30-6)10-8-9-15-29/h11-14,18-19,22-25,30,34H,7-10,15-17,29H2,1-6H3,(H,31,36)(H,32,37)(H,33,35)/t22-,23?,24?,25-/m1/s1. The van der Waals surface area contributed by atoms with Crippen LogP contribution in [-0.4, -0.2) is 60.6 Å². The van der Waals surface area contributed by atoms with E-state index in [-0.39, 0.29) is 41.9 Å². The van der Waals surface area contributed by atoms with Crippen molar-refractivity contribution in [2.24, 2.45) is 17.6 Å². The molecule has 0 spiro atoms. The Bertz CT molecular complexity index is 828. The molecule has 0 aliphatic rings. The molecule has 1 aromatic rings. The summed E-state index contributed by atoms with van der Waals surface area (Å²) in [6.45, 7) is 10.7. The summed E-state index contributed by atoms with van der Waals surface area (Å²) in [6, 6.07) is 4.45. The Kier molecular flexibility index (Phi) is 14.9. The van der Waals surface area contributed by atoms with Gasteiger partial charge in [-0.05, 0) is 68.8 Å². The van der Waals surface area contributed by atoms with Crippen molar-refractivity contribution in [2.45, 2.75) is 97.3 Å². The number of carbonyl (C=O) groups excluding carboxylic acids is 3. The van der Waals surface area contributed by atoms with Crippen LogP contribution in [0.1, 0.15) is 72.3 Å². The molecule has 1 aromatic carbocycles. The molecule has 0 heterocycles. The van der Waals surface area contributed by atoms with Crippen LogP contribution < -0.4 is 27.0 Å². The van der Waals surface area contributed by atoms with Gasteiger partial charge in [-0.3, -0.25) is 14.4 Å². The summed E-state index contributed by atoms with van der Waals surface area (Å²) in [4.78, 5) is 39.8. The van der Waals surface area contributed by atoms with Crippen molar-refractivity contribution in [3.8, 4) is 5.75 Å². The van der Waals surface area contributed by atoms with Crippen molar-refractivity contribution in [2.75, 3.05) is 13.6 Å². The number of phenolic OH excluding ortho intramolecular Hbond substituents is 1. The summed E-state index contributed by atoms with van der Waals surface area (Å²) in [5.74, 6) is -0.355. The molecule has 0 aliphatic heterocycles. The number of likely N-dealkylation sites (N-methyl/N-ethyl adjacent to an activating group) is 1. The predicted octanol–water partition coefficient (Wildman–Crippen LogP) is 2.22. The third-order valence-corrected chi connectivity index (χ3v) is 6.53. The highest BCUT2D eigenvalue weighted by Crippen LogP contribution is 2.14. The smallest absolute Gasteiger partial charge is 0.243 e. The number of amides is 3. The highest BCUT2D eigenvalue weighted by molar-refractivity contribution is 5.93. The van der Waals surface area contributed by atoms with Crippen molar-refractivity contribution in [3.63, 3.8) is 0 Å². The molecule has 4 atom stereocenters. The van der Waals surface area contributed by atoms with Crippen molar-refractivity contribution in [1.29, 1.82) is 0 Å². The summed E-state index contributed by atoms with van der Waals surface area (Å²) in [6.07, 6.45) is 3.68. The van der Waals surface area contributed by atoms with Crippen LogP contribution in [0.3, 0.4) is 0 Å². The third-order valence-electron chi connectivity index (χ3n) is 6.53. The van der Waals surface area contributed by atoms with Crippen molar-refractivity contribution >= 4 is 17.7 Å². The number of benzene rings is 1. The van der Waals surface area contributed by atoms with Crippen LogP contribution in [0.2, 0.25) is 0 Å². The number of carbonyl (C=O) groups is 3. The van der Waals surface area contributed by atoms with Gasteiger partial charge in [-0.2, -0.15) is 0 Å². The van der Waals surface area contributed by atoms with E-state index in [1.54, 1.807) is 31.3 Å². The van der Waals surface area contributed by atoms with Gasteiger partial charge in [-0.25, -0.2) is 0 Å². The zero-order chi connectivity index (χ0) is 28.0. The van der Waals surface area contributed by atoms with Crippen LogP contribution in [0.5, 0.6) is 5.75 Å². The van der Waals surface area contributed by atoms with E-state index < -0.39 is 24.0 Å². The molecule has 0 radical (unpaired) electrons. The fourth-order valence-corrected chi connectivity index (χ4v) is 4.25. The number of hydrogen-bond donors (Lipinski definition) is 6. The molecule has 9 nitrogen and oxygen atoms in total. The number of phenols is 1. The third kappa shape index (κ3) is 12.0. The van der Waals surface area contributed by atoms with Crippen LogP contribution in [0.25, 0.3) is 0 Å². The fourth-order valence-electron chi connectivity index (χ4n) is 4.25. The lowest BCUT2D eigenvalue weighted by Crippen LogP contribution is -2.57. The number of unbranched alkanes of at least 4 members (excludes halogenated alkanes) is 1. The van der Waals surface area contributed by atoms with E-state index in [0.29, 0.717) is 19.4 Å². The first kappa shape index (κ1) is 32.4. The summed E-state index contributed by atoms with van der Waals surface area (Å²) >= 11 is 0. The van der Waals surface area contributed by atoms with Crippen LogP contribution >= 0.6 is 0 Å². The maximum atomic E-state index is 13.5. The molecule has 1 rings (SSSR count). The van der Waals surface area contributed by atoms with Crippen LogP contribution in [0.4, 0.5) is 0 Å². The van der Waals surface area contributed by atoms with Gasteiger partial charge in [0.1, 0.15) is 17.8 Å². The first-order valence-electron chi connectivity index (χ1n) is 13.6. The summed E-state index contributed by atoms with van der Waals surface area (Å²) in [7, 11) is 1.71. The number of rotatable bonds is 17. The molecular weight excluding hydrogens is 470 g/mol. The van der Waals surface area contributed by atoms with E-state index in [1.807, 2.05) is 20.8 Å². The normalized spacial score (nSPS) is 14.6. The molecule has 2 unspecified atom stereocenters. The minimum atomic E-state index is -0.892. The lowest BCUT2D eigenvalue weighted by molar-refractivity contribution is -0.133. The zero-order valence-electron chi connectivity index (χ0n) is 23.5. The second kappa shape index (κ2) is 17.0. The minimum absolute atomic E-state index is 0.0106. The average molecular weight is 520 g/mol. The van der Waals surface area contributed by atoms with Gasteiger partial charge < -0.3 is 32.1 Å². The number of aromatic hydroxyl groups is 1. The molecule has 37 heavy (non-hydrogen) atoms. The summed E-state index contributed by atoms with van der Waals surface area (Å²) in [5, 5.41) is 21.5.